The molecule has 0 saturated heterocycles. The van der Waals surface area contributed by atoms with E-state index in [0.717, 1.165) is 66.0 Å². The number of hydrogen-bond acceptors (Lipinski definition) is 5. The first-order chi connectivity index (χ1) is 24.7. The molecule has 0 N–H and O–H groups in total. The second kappa shape index (κ2) is 12.2. The second-order valence-electron chi connectivity index (χ2n) is 12.1. The maximum absolute atomic E-state index is 5.35. The Labute approximate surface area is 294 Å². The molecule has 9 aromatic rings. The Morgan fingerprint density at radius 2 is 1.08 bits per heavy atom. The Morgan fingerprint density at radius 3 is 1.78 bits per heavy atom. The van der Waals surface area contributed by atoms with Crippen LogP contribution in [0.2, 0.25) is 0 Å². The van der Waals surface area contributed by atoms with Crippen LogP contribution in [0.1, 0.15) is 11.1 Å². The zero-order valence-corrected chi connectivity index (χ0v) is 27.9. The van der Waals surface area contributed by atoms with Crippen molar-refractivity contribution in [2.45, 2.75) is 0 Å². The highest BCUT2D eigenvalue weighted by atomic mass is 32.1. The van der Waals surface area contributed by atoms with Gasteiger partial charge in [0.15, 0.2) is 5.82 Å². The van der Waals surface area contributed by atoms with Gasteiger partial charge >= 0.3 is 0 Å². The van der Waals surface area contributed by atoms with Crippen LogP contribution in [0.4, 0.5) is 17.1 Å². The topological polar surface area (TPSA) is 41.9 Å². The van der Waals surface area contributed by atoms with Gasteiger partial charge in [-0.15, -0.1) is 11.3 Å². The van der Waals surface area contributed by atoms with Gasteiger partial charge in [0, 0.05) is 54.4 Å². The highest BCUT2D eigenvalue weighted by Crippen LogP contribution is 2.42. The molecule has 0 aliphatic rings. The molecule has 0 unspecified atom stereocenters. The Kier molecular flexibility index (Phi) is 7.26. The van der Waals surface area contributed by atoms with E-state index in [1.807, 2.05) is 42.5 Å². The molecule has 0 aliphatic heterocycles. The molecule has 6 aromatic carbocycles. The minimum Gasteiger partial charge on any atom is -0.311 e. The number of rotatable bonds is 7. The molecule has 0 bridgehead atoms. The predicted octanol–water partition coefficient (Wildman–Crippen LogP) is 12.6. The first-order valence-corrected chi connectivity index (χ1v) is 17.3. The third-order valence-electron chi connectivity index (χ3n) is 9.23. The van der Waals surface area contributed by atoms with Crippen LogP contribution in [0.3, 0.4) is 0 Å². The number of aromatic nitrogens is 3. The SMILES string of the molecule is C=Cc1c(-c2nc(-c3ccc(N(c4ccccc4)c4ccccc4)cc3)c3ccccc3n2)nc2c(ccc3c4ccccc4sc32)c1C=C. The van der Waals surface area contributed by atoms with Crippen molar-refractivity contribution in [1.29, 1.82) is 0 Å². The smallest absolute Gasteiger partial charge is 0.179 e. The van der Waals surface area contributed by atoms with Gasteiger partial charge in [-0.05, 0) is 54.1 Å². The largest absolute Gasteiger partial charge is 0.311 e. The summed E-state index contributed by atoms with van der Waals surface area (Å²) in [6, 6.07) is 50.5. The van der Waals surface area contributed by atoms with E-state index >= 15 is 0 Å². The molecule has 0 saturated carbocycles. The van der Waals surface area contributed by atoms with Gasteiger partial charge in [-0.3, -0.25) is 0 Å². The summed E-state index contributed by atoms with van der Waals surface area (Å²) in [6.45, 7) is 8.41. The molecule has 4 nitrogen and oxygen atoms in total. The Hall–Kier alpha value is -6.43. The van der Waals surface area contributed by atoms with E-state index in [9.17, 15) is 0 Å². The van der Waals surface area contributed by atoms with Crippen molar-refractivity contribution in [2.75, 3.05) is 4.90 Å². The van der Waals surface area contributed by atoms with Crippen LogP contribution in [0.25, 0.3) is 76.9 Å². The van der Waals surface area contributed by atoms with E-state index in [1.165, 1.54) is 15.5 Å². The zero-order chi connectivity index (χ0) is 33.6. The van der Waals surface area contributed by atoms with Crippen LogP contribution >= 0.6 is 11.3 Å². The maximum Gasteiger partial charge on any atom is 0.179 e. The standard InChI is InChI=1S/C45H30N4S/c1-3-33-34(4-2)43(47-42-36(33)27-28-37-35-19-12-14-22-40(35)50-44(37)42)45-46-39-21-13-11-20-38(39)41(48-45)29-23-25-32(26-24-29)49(30-15-7-5-8-16-30)31-17-9-6-10-18-31/h3-28H,1-2H2. The van der Waals surface area contributed by atoms with Gasteiger partial charge in [-0.1, -0.05) is 122 Å². The number of anilines is 3. The minimum absolute atomic E-state index is 0.552. The molecule has 50 heavy (non-hydrogen) atoms. The molecule has 0 fully saturated rings. The van der Waals surface area contributed by atoms with E-state index in [0.29, 0.717) is 11.5 Å². The quantitative estimate of drug-likeness (QED) is 0.171. The maximum atomic E-state index is 5.35. The van der Waals surface area contributed by atoms with Gasteiger partial charge in [-0.25, -0.2) is 15.0 Å². The molecule has 5 heteroatoms. The van der Waals surface area contributed by atoms with Gasteiger partial charge in [0.05, 0.1) is 21.4 Å². The fraction of sp³-hybridized carbons (Fsp3) is 0. The van der Waals surface area contributed by atoms with Crippen molar-refractivity contribution in [3.8, 4) is 22.8 Å². The summed E-state index contributed by atoms with van der Waals surface area (Å²) >= 11 is 1.76. The monoisotopic (exact) mass is 658 g/mol. The first kappa shape index (κ1) is 29.7. The summed E-state index contributed by atoms with van der Waals surface area (Å²) in [7, 11) is 0. The molecule has 3 heterocycles. The van der Waals surface area contributed by atoms with E-state index in [2.05, 4.69) is 133 Å². The fourth-order valence-corrected chi connectivity index (χ4v) is 8.11. The summed E-state index contributed by atoms with van der Waals surface area (Å²) in [6.07, 6.45) is 3.75. The number of pyridine rings is 1. The summed E-state index contributed by atoms with van der Waals surface area (Å²) in [5.41, 5.74) is 9.38. The van der Waals surface area contributed by atoms with E-state index in [1.54, 1.807) is 11.3 Å². The van der Waals surface area contributed by atoms with Gasteiger partial charge < -0.3 is 4.90 Å². The minimum atomic E-state index is 0.552. The summed E-state index contributed by atoms with van der Waals surface area (Å²) < 4.78 is 2.37. The van der Waals surface area contributed by atoms with Crippen molar-refractivity contribution in [2.24, 2.45) is 0 Å². The number of para-hydroxylation sites is 3. The summed E-state index contributed by atoms with van der Waals surface area (Å²) in [4.78, 5) is 18.0. The predicted molar refractivity (Wildman–Crippen MR) is 213 cm³/mol. The Bertz CT molecular complexity index is 2690. The zero-order valence-electron chi connectivity index (χ0n) is 27.1. The Morgan fingerprint density at radius 1 is 0.480 bits per heavy atom. The molecule has 0 amide bonds. The Balaban J connectivity index is 1.24. The second-order valence-corrected chi connectivity index (χ2v) is 13.2. The first-order valence-electron chi connectivity index (χ1n) is 16.5. The van der Waals surface area contributed by atoms with E-state index in [4.69, 9.17) is 15.0 Å². The van der Waals surface area contributed by atoms with Crippen LogP contribution in [-0.2, 0) is 0 Å². The lowest BCUT2D eigenvalue weighted by Gasteiger charge is -2.25. The average Bonchev–Trinajstić information content (AvgIpc) is 3.57. The molecule has 9 rings (SSSR count). The van der Waals surface area contributed by atoms with Crippen LogP contribution in [0, 0.1) is 0 Å². The fourth-order valence-electron chi connectivity index (χ4n) is 6.92. The number of benzene rings is 6. The van der Waals surface area contributed by atoms with Gasteiger partial charge in [0.1, 0.15) is 5.69 Å². The third-order valence-corrected chi connectivity index (χ3v) is 10.4. The highest BCUT2D eigenvalue weighted by molar-refractivity contribution is 7.26. The molecule has 0 spiro atoms. The molecular formula is C45H30N4S. The van der Waals surface area contributed by atoms with Crippen LogP contribution in [0.5, 0.6) is 0 Å². The van der Waals surface area contributed by atoms with E-state index < -0.39 is 0 Å². The van der Waals surface area contributed by atoms with Gasteiger partial charge in [-0.2, -0.15) is 0 Å². The molecular weight excluding hydrogens is 629 g/mol. The molecule has 0 aliphatic carbocycles. The number of hydrogen-bond donors (Lipinski definition) is 0. The number of thiophene rings is 1. The summed E-state index contributed by atoms with van der Waals surface area (Å²) in [5.74, 6) is 0.552. The highest BCUT2D eigenvalue weighted by Gasteiger charge is 2.21. The lowest BCUT2D eigenvalue weighted by Crippen LogP contribution is -2.09. The van der Waals surface area contributed by atoms with Gasteiger partial charge in [0.2, 0.25) is 0 Å². The molecule has 236 valence electrons. The molecule has 3 aromatic heterocycles. The lowest BCUT2D eigenvalue weighted by atomic mass is 9.98. The number of nitrogens with zero attached hydrogens (tertiary/aromatic N) is 4. The van der Waals surface area contributed by atoms with E-state index in [-0.39, 0.29) is 0 Å². The van der Waals surface area contributed by atoms with Crippen molar-refractivity contribution in [3.05, 3.63) is 170 Å². The van der Waals surface area contributed by atoms with Crippen molar-refractivity contribution in [1.82, 2.24) is 15.0 Å². The van der Waals surface area contributed by atoms with Crippen LogP contribution in [0.15, 0.2) is 159 Å². The van der Waals surface area contributed by atoms with Gasteiger partial charge in [0.25, 0.3) is 0 Å². The third kappa shape index (κ3) is 4.87. The molecule has 0 atom stereocenters. The lowest BCUT2D eigenvalue weighted by molar-refractivity contribution is 1.19. The summed E-state index contributed by atoms with van der Waals surface area (Å²) in [5, 5.41) is 4.44. The van der Waals surface area contributed by atoms with Crippen LogP contribution < -0.4 is 4.90 Å². The normalized spacial score (nSPS) is 11.4. The van der Waals surface area contributed by atoms with Crippen molar-refractivity contribution >= 4 is 82.5 Å². The molecule has 0 radical (unpaired) electrons. The average molecular weight is 659 g/mol. The van der Waals surface area contributed by atoms with Crippen LogP contribution in [-0.4, -0.2) is 15.0 Å². The van der Waals surface area contributed by atoms with Crippen molar-refractivity contribution in [3.63, 3.8) is 0 Å². The van der Waals surface area contributed by atoms with Crippen molar-refractivity contribution < 1.29 is 0 Å². The number of fused-ring (bicyclic) bond motifs is 6.